The highest BCUT2D eigenvalue weighted by Gasteiger charge is 2.36. The molecule has 5 rings (SSSR count). The largest absolute Gasteiger partial charge is 0.306 e. The molecular formula is C21H21ClFN5. The van der Waals surface area contributed by atoms with Gasteiger partial charge in [-0.2, -0.15) is 0 Å². The number of benzene rings is 1. The van der Waals surface area contributed by atoms with Crippen LogP contribution in [0.5, 0.6) is 0 Å². The molecule has 0 unspecified atom stereocenters. The summed E-state index contributed by atoms with van der Waals surface area (Å²) in [5.41, 5.74) is 4.44. The van der Waals surface area contributed by atoms with E-state index in [2.05, 4.69) is 38.7 Å². The highest BCUT2D eigenvalue weighted by molar-refractivity contribution is 6.24. The topological polar surface area (TPSA) is 55.6 Å². The standard InChI is InChI=1S/C21H21ClFN5/c22-21(7-5-14(6-8-21)18-3-2-17(23)11-25-18)16-1-4-19-15(9-16)10-24-12-20-27-26-13-28(19)20/h1-4,9,11,13-14,24H,5-8,10,12H2. The lowest BCUT2D eigenvalue weighted by atomic mass is 9.76. The van der Waals surface area contributed by atoms with Crippen molar-refractivity contribution in [2.75, 3.05) is 0 Å². The second kappa shape index (κ2) is 6.94. The lowest BCUT2D eigenvalue weighted by molar-refractivity contribution is 0.354. The molecule has 0 amide bonds. The Labute approximate surface area is 168 Å². The first kappa shape index (κ1) is 17.8. The first-order chi connectivity index (χ1) is 13.6. The minimum Gasteiger partial charge on any atom is -0.306 e. The number of halogens is 2. The minimum atomic E-state index is -0.367. The van der Waals surface area contributed by atoms with E-state index in [1.54, 1.807) is 12.4 Å². The smallest absolute Gasteiger partial charge is 0.151 e. The Hall–Kier alpha value is -2.31. The van der Waals surface area contributed by atoms with Crippen LogP contribution in [0.2, 0.25) is 0 Å². The summed E-state index contributed by atoms with van der Waals surface area (Å²) in [6, 6.07) is 9.77. The summed E-state index contributed by atoms with van der Waals surface area (Å²) in [4.78, 5) is 3.90. The van der Waals surface area contributed by atoms with Crippen molar-refractivity contribution < 1.29 is 4.39 Å². The van der Waals surface area contributed by atoms with Crippen molar-refractivity contribution in [3.8, 4) is 5.69 Å². The molecule has 0 spiro atoms. The van der Waals surface area contributed by atoms with Crippen LogP contribution in [0, 0.1) is 5.82 Å². The molecular weight excluding hydrogens is 377 g/mol. The van der Waals surface area contributed by atoms with Crippen LogP contribution in [0.3, 0.4) is 0 Å². The molecule has 5 nitrogen and oxygen atoms in total. The van der Waals surface area contributed by atoms with Crippen LogP contribution >= 0.6 is 11.6 Å². The Bertz CT molecular complexity index is 992. The van der Waals surface area contributed by atoms with E-state index < -0.39 is 0 Å². The molecule has 7 heteroatoms. The van der Waals surface area contributed by atoms with Crippen LogP contribution in [0.15, 0.2) is 42.9 Å². The van der Waals surface area contributed by atoms with Crippen LogP contribution in [0.4, 0.5) is 4.39 Å². The number of aromatic nitrogens is 4. The molecule has 0 radical (unpaired) electrons. The molecule has 0 bridgehead atoms. The van der Waals surface area contributed by atoms with Gasteiger partial charge >= 0.3 is 0 Å². The Kier molecular flexibility index (Phi) is 4.40. The average Bonchev–Trinajstić information content (AvgIpc) is 3.11. The predicted molar refractivity (Wildman–Crippen MR) is 105 cm³/mol. The van der Waals surface area contributed by atoms with Gasteiger partial charge < -0.3 is 5.32 Å². The Balaban J connectivity index is 1.38. The zero-order valence-electron chi connectivity index (χ0n) is 15.4. The van der Waals surface area contributed by atoms with Crippen molar-refractivity contribution in [1.29, 1.82) is 0 Å². The Morgan fingerprint density at radius 2 is 2.00 bits per heavy atom. The zero-order chi connectivity index (χ0) is 19.1. The van der Waals surface area contributed by atoms with Gasteiger partial charge in [-0.1, -0.05) is 12.1 Å². The number of nitrogens with zero attached hydrogens (tertiary/aromatic N) is 4. The van der Waals surface area contributed by atoms with E-state index in [1.165, 1.54) is 17.8 Å². The van der Waals surface area contributed by atoms with E-state index in [-0.39, 0.29) is 10.7 Å². The molecule has 0 atom stereocenters. The van der Waals surface area contributed by atoms with Crippen LogP contribution in [-0.2, 0) is 18.0 Å². The second-order valence-corrected chi connectivity index (χ2v) is 8.43. The van der Waals surface area contributed by atoms with Gasteiger partial charge in [-0.25, -0.2) is 4.39 Å². The summed E-state index contributed by atoms with van der Waals surface area (Å²) in [7, 11) is 0. The van der Waals surface area contributed by atoms with E-state index in [1.807, 2.05) is 4.57 Å². The van der Waals surface area contributed by atoms with Crippen LogP contribution in [0.1, 0.15) is 54.2 Å². The van der Waals surface area contributed by atoms with E-state index in [4.69, 9.17) is 11.6 Å². The molecule has 3 aromatic rings. The van der Waals surface area contributed by atoms with Crippen LogP contribution < -0.4 is 5.32 Å². The third kappa shape index (κ3) is 3.10. The molecule has 0 saturated heterocycles. The molecule has 1 aliphatic carbocycles. The number of nitrogens with one attached hydrogen (secondary N) is 1. The highest BCUT2D eigenvalue weighted by atomic mass is 35.5. The van der Waals surface area contributed by atoms with Gasteiger partial charge in [0, 0.05) is 18.2 Å². The third-order valence-electron chi connectivity index (χ3n) is 6.02. The molecule has 3 heterocycles. The number of pyridine rings is 1. The van der Waals surface area contributed by atoms with Gasteiger partial charge in [0.05, 0.1) is 23.3 Å². The molecule has 2 aromatic heterocycles. The summed E-state index contributed by atoms with van der Waals surface area (Å²) >= 11 is 7.11. The molecule has 1 N–H and O–H groups in total. The SMILES string of the molecule is Fc1ccc(C2CCC(Cl)(c3ccc4c(c3)CNCc3nncn3-4)CC2)nc1. The summed E-state index contributed by atoms with van der Waals surface area (Å²) in [5, 5.41) is 11.6. The quantitative estimate of drug-likeness (QED) is 0.658. The van der Waals surface area contributed by atoms with E-state index in [9.17, 15) is 4.39 Å². The van der Waals surface area contributed by atoms with Crippen LogP contribution in [-0.4, -0.2) is 19.7 Å². The van der Waals surface area contributed by atoms with E-state index in [0.29, 0.717) is 12.5 Å². The fraction of sp³-hybridized carbons (Fsp3) is 0.381. The molecule has 1 aromatic carbocycles. The van der Waals surface area contributed by atoms with Crippen molar-refractivity contribution >= 4 is 11.6 Å². The van der Waals surface area contributed by atoms with Gasteiger partial charge in [0.2, 0.25) is 0 Å². The van der Waals surface area contributed by atoms with Crippen molar-refractivity contribution in [2.45, 2.75) is 49.6 Å². The molecule has 144 valence electrons. The van der Waals surface area contributed by atoms with E-state index >= 15 is 0 Å². The van der Waals surface area contributed by atoms with Gasteiger partial charge in [0.15, 0.2) is 5.82 Å². The highest BCUT2D eigenvalue weighted by Crippen LogP contribution is 2.47. The van der Waals surface area contributed by atoms with Crippen molar-refractivity contribution in [2.24, 2.45) is 0 Å². The van der Waals surface area contributed by atoms with Crippen molar-refractivity contribution in [3.05, 3.63) is 71.3 Å². The summed E-state index contributed by atoms with van der Waals surface area (Å²) in [5.74, 6) is 0.968. The average molecular weight is 398 g/mol. The van der Waals surface area contributed by atoms with Crippen LogP contribution in [0.25, 0.3) is 5.69 Å². The van der Waals surface area contributed by atoms with E-state index in [0.717, 1.165) is 55.0 Å². The molecule has 2 aliphatic rings. The molecule has 1 fully saturated rings. The second-order valence-electron chi connectivity index (χ2n) is 7.71. The maximum atomic E-state index is 13.1. The maximum absolute atomic E-state index is 13.1. The maximum Gasteiger partial charge on any atom is 0.151 e. The Morgan fingerprint density at radius 3 is 2.79 bits per heavy atom. The first-order valence-electron chi connectivity index (χ1n) is 9.66. The van der Waals surface area contributed by atoms with Gasteiger partial charge in [0.25, 0.3) is 0 Å². The van der Waals surface area contributed by atoms with Gasteiger partial charge in [-0.05, 0) is 55.0 Å². The first-order valence-corrected chi connectivity index (χ1v) is 10.0. The molecule has 28 heavy (non-hydrogen) atoms. The Morgan fingerprint density at radius 1 is 1.14 bits per heavy atom. The van der Waals surface area contributed by atoms with Crippen molar-refractivity contribution in [3.63, 3.8) is 0 Å². The van der Waals surface area contributed by atoms with Gasteiger partial charge in [0.1, 0.15) is 12.1 Å². The number of fused-ring (bicyclic) bond motifs is 3. The number of rotatable bonds is 2. The fourth-order valence-electron chi connectivity index (χ4n) is 4.42. The van der Waals surface area contributed by atoms with Crippen molar-refractivity contribution in [1.82, 2.24) is 25.1 Å². The lowest BCUT2D eigenvalue weighted by Gasteiger charge is -2.36. The zero-order valence-corrected chi connectivity index (χ0v) is 16.2. The molecule has 1 aliphatic heterocycles. The summed E-state index contributed by atoms with van der Waals surface area (Å²) in [6.45, 7) is 1.48. The third-order valence-corrected chi connectivity index (χ3v) is 6.62. The summed E-state index contributed by atoms with van der Waals surface area (Å²) < 4.78 is 15.2. The van der Waals surface area contributed by atoms with Gasteiger partial charge in [-0.15, -0.1) is 21.8 Å². The number of hydrogen-bond acceptors (Lipinski definition) is 4. The fourth-order valence-corrected chi connectivity index (χ4v) is 4.75. The predicted octanol–water partition coefficient (Wildman–Crippen LogP) is 4.20. The van der Waals surface area contributed by atoms with Gasteiger partial charge in [-0.3, -0.25) is 9.55 Å². The molecule has 1 saturated carbocycles. The minimum absolute atomic E-state index is 0.291. The number of alkyl halides is 1. The monoisotopic (exact) mass is 397 g/mol. The summed E-state index contributed by atoms with van der Waals surface area (Å²) in [6.07, 6.45) is 6.72. The number of hydrogen-bond donors (Lipinski definition) is 1. The normalized spacial score (nSPS) is 24.3. The lowest BCUT2D eigenvalue weighted by Crippen LogP contribution is -2.26.